The lowest BCUT2D eigenvalue weighted by Gasteiger charge is -2.49. The molecule has 1 aliphatic heterocycles. The van der Waals surface area contributed by atoms with Crippen molar-refractivity contribution in [2.45, 2.75) is 25.4 Å². The molecule has 2 atom stereocenters. The van der Waals surface area contributed by atoms with Crippen LogP contribution in [0, 0.1) is 5.92 Å². The van der Waals surface area contributed by atoms with Gasteiger partial charge in [0, 0.05) is 0 Å². The summed E-state index contributed by atoms with van der Waals surface area (Å²) in [5.41, 5.74) is 0.0388. The van der Waals surface area contributed by atoms with Gasteiger partial charge in [-0.3, -0.25) is 9.69 Å². The molecule has 62 valence electrons. The highest BCUT2D eigenvalue weighted by Crippen LogP contribution is 2.42. The maximum atomic E-state index is 11.1. The topological polar surface area (TPSA) is 32.3 Å². The molecule has 0 aromatic heterocycles. The van der Waals surface area contributed by atoms with Gasteiger partial charge in [0.2, 0.25) is 5.91 Å². The Morgan fingerprint density at radius 1 is 1.73 bits per heavy atom. The van der Waals surface area contributed by atoms with E-state index in [1.165, 1.54) is 6.42 Å². The summed E-state index contributed by atoms with van der Waals surface area (Å²) in [5, 5.41) is 3.05. The molecule has 1 N–H and O–H groups in total. The number of rotatable bonds is 0. The molecule has 3 nitrogen and oxygen atoms in total. The van der Waals surface area contributed by atoms with Crippen LogP contribution in [0.4, 0.5) is 0 Å². The quantitative estimate of drug-likeness (QED) is 0.539. The first-order valence-corrected chi connectivity index (χ1v) is 4.17. The maximum absolute atomic E-state index is 11.1. The summed E-state index contributed by atoms with van der Waals surface area (Å²) in [6, 6.07) is 0. The van der Waals surface area contributed by atoms with Crippen molar-refractivity contribution in [3.8, 4) is 0 Å². The largest absolute Gasteiger partial charge is 0.336 e. The van der Waals surface area contributed by atoms with E-state index in [0.717, 1.165) is 6.42 Å². The Morgan fingerprint density at radius 2 is 2.45 bits per heavy atom. The fourth-order valence-corrected chi connectivity index (χ4v) is 2.19. The number of carbonyl (C=O) groups is 1. The van der Waals surface area contributed by atoms with E-state index in [4.69, 9.17) is 0 Å². The molecule has 3 heteroatoms. The second kappa shape index (κ2) is 1.97. The van der Waals surface area contributed by atoms with Gasteiger partial charge in [-0.15, -0.1) is 0 Å². The zero-order valence-electron chi connectivity index (χ0n) is 7.05. The van der Waals surface area contributed by atoms with Crippen molar-refractivity contribution < 1.29 is 4.79 Å². The number of amides is 1. The lowest BCUT2D eigenvalue weighted by Crippen LogP contribution is -2.61. The van der Waals surface area contributed by atoms with Crippen LogP contribution in [0.3, 0.4) is 0 Å². The van der Waals surface area contributed by atoms with Gasteiger partial charge < -0.3 is 5.32 Å². The normalized spacial score (nSPS) is 44.2. The average molecular weight is 154 g/mol. The molecule has 0 bridgehead atoms. The third-order valence-electron chi connectivity index (χ3n) is 3.19. The highest BCUT2D eigenvalue weighted by molar-refractivity contribution is 5.81. The Balaban J connectivity index is 2.19. The van der Waals surface area contributed by atoms with Crippen LogP contribution in [0.5, 0.6) is 0 Å². The summed E-state index contributed by atoms with van der Waals surface area (Å²) < 4.78 is 0. The van der Waals surface area contributed by atoms with Gasteiger partial charge in [0.25, 0.3) is 0 Å². The molecule has 0 radical (unpaired) electrons. The molecular formula is C8H14N2O. The van der Waals surface area contributed by atoms with Crippen LogP contribution in [0.15, 0.2) is 0 Å². The SMILES string of the molecule is CC1CCC12NC(=O)CN2C. The van der Waals surface area contributed by atoms with E-state index in [0.29, 0.717) is 12.5 Å². The number of carbonyl (C=O) groups excluding carboxylic acids is 1. The Morgan fingerprint density at radius 3 is 2.64 bits per heavy atom. The van der Waals surface area contributed by atoms with Crippen LogP contribution in [0.2, 0.25) is 0 Å². The first-order valence-electron chi connectivity index (χ1n) is 4.17. The van der Waals surface area contributed by atoms with Crippen LogP contribution in [0.25, 0.3) is 0 Å². The number of nitrogens with one attached hydrogen (secondary N) is 1. The van der Waals surface area contributed by atoms with Crippen LogP contribution in [-0.4, -0.2) is 30.1 Å². The third kappa shape index (κ3) is 0.745. The maximum Gasteiger partial charge on any atom is 0.235 e. The van der Waals surface area contributed by atoms with E-state index in [1.54, 1.807) is 0 Å². The van der Waals surface area contributed by atoms with E-state index in [2.05, 4.69) is 17.1 Å². The second-order valence-electron chi connectivity index (χ2n) is 3.77. The van der Waals surface area contributed by atoms with Crippen LogP contribution in [-0.2, 0) is 4.79 Å². The molecule has 1 saturated carbocycles. The summed E-state index contributed by atoms with van der Waals surface area (Å²) in [7, 11) is 2.02. The van der Waals surface area contributed by atoms with Gasteiger partial charge in [-0.25, -0.2) is 0 Å². The summed E-state index contributed by atoms with van der Waals surface area (Å²) in [4.78, 5) is 13.2. The van der Waals surface area contributed by atoms with Crippen molar-refractivity contribution in [1.29, 1.82) is 0 Å². The van der Waals surface area contributed by atoms with Crippen LogP contribution < -0.4 is 5.32 Å². The summed E-state index contributed by atoms with van der Waals surface area (Å²) >= 11 is 0. The van der Waals surface area contributed by atoms with Crippen molar-refractivity contribution in [3.63, 3.8) is 0 Å². The number of hydrogen-bond donors (Lipinski definition) is 1. The van der Waals surface area contributed by atoms with Gasteiger partial charge in [-0.05, 0) is 25.8 Å². The molecule has 1 amide bonds. The van der Waals surface area contributed by atoms with Crippen molar-refractivity contribution in [1.82, 2.24) is 10.2 Å². The molecule has 2 aliphatic rings. The molecule has 1 saturated heterocycles. The van der Waals surface area contributed by atoms with Crippen molar-refractivity contribution in [2.75, 3.05) is 13.6 Å². The average Bonchev–Trinajstić information content (AvgIpc) is 2.25. The molecule has 1 spiro atoms. The molecule has 2 fully saturated rings. The molecule has 1 heterocycles. The van der Waals surface area contributed by atoms with Gasteiger partial charge in [-0.1, -0.05) is 6.92 Å². The molecule has 2 unspecified atom stereocenters. The predicted octanol–water partition coefficient (Wildman–Crippen LogP) is 0.174. The minimum absolute atomic E-state index is 0.0388. The first-order chi connectivity index (χ1) is 5.15. The van der Waals surface area contributed by atoms with Crippen LogP contribution in [0.1, 0.15) is 19.8 Å². The van der Waals surface area contributed by atoms with E-state index in [9.17, 15) is 4.79 Å². The third-order valence-corrected chi connectivity index (χ3v) is 3.19. The van der Waals surface area contributed by atoms with Gasteiger partial charge in [0.15, 0.2) is 0 Å². The smallest absolute Gasteiger partial charge is 0.235 e. The van der Waals surface area contributed by atoms with E-state index in [1.807, 2.05) is 7.05 Å². The molecule has 11 heavy (non-hydrogen) atoms. The van der Waals surface area contributed by atoms with Crippen molar-refractivity contribution in [3.05, 3.63) is 0 Å². The summed E-state index contributed by atoms with van der Waals surface area (Å²) in [6.45, 7) is 2.77. The summed E-state index contributed by atoms with van der Waals surface area (Å²) in [6.07, 6.45) is 2.36. The van der Waals surface area contributed by atoms with Gasteiger partial charge >= 0.3 is 0 Å². The lowest BCUT2D eigenvalue weighted by atomic mass is 9.74. The molecule has 2 rings (SSSR count). The molecular weight excluding hydrogens is 140 g/mol. The fourth-order valence-electron chi connectivity index (χ4n) is 2.19. The zero-order valence-corrected chi connectivity index (χ0v) is 7.05. The first kappa shape index (κ1) is 7.10. The number of likely N-dealkylation sites (N-methyl/N-ethyl adjacent to an activating group) is 1. The number of hydrogen-bond acceptors (Lipinski definition) is 2. The molecule has 1 aliphatic carbocycles. The van der Waals surface area contributed by atoms with Gasteiger partial charge in [0.1, 0.15) is 0 Å². The zero-order chi connectivity index (χ0) is 8.06. The Bertz CT molecular complexity index is 204. The van der Waals surface area contributed by atoms with E-state index in [-0.39, 0.29) is 11.6 Å². The predicted molar refractivity (Wildman–Crippen MR) is 41.9 cm³/mol. The number of nitrogens with zero attached hydrogens (tertiary/aromatic N) is 1. The monoisotopic (exact) mass is 154 g/mol. The van der Waals surface area contributed by atoms with E-state index >= 15 is 0 Å². The summed E-state index contributed by atoms with van der Waals surface area (Å²) in [5.74, 6) is 0.804. The standard InChI is InChI=1S/C8H14N2O/c1-6-3-4-8(6)9-7(11)5-10(8)2/h6H,3-5H2,1-2H3,(H,9,11). The van der Waals surface area contributed by atoms with Gasteiger partial charge in [0.05, 0.1) is 12.2 Å². The fraction of sp³-hybridized carbons (Fsp3) is 0.875. The molecule has 0 aromatic carbocycles. The minimum Gasteiger partial charge on any atom is -0.336 e. The Hall–Kier alpha value is -0.570. The van der Waals surface area contributed by atoms with Crippen molar-refractivity contribution >= 4 is 5.91 Å². The van der Waals surface area contributed by atoms with Gasteiger partial charge in [-0.2, -0.15) is 0 Å². The highest BCUT2D eigenvalue weighted by Gasteiger charge is 2.52. The lowest BCUT2D eigenvalue weighted by molar-refractivity contribution is -0.119. The van der Waals surface area contributed by atoms with Crippen molar-refractivity contribution in [2.24, 2.45) is 5.92 Å². The highest BCUT2D eigenvalue weighted by atomic mass is 16.2. The second-order valence-corrected chi connectivity index (χ2v) is 3.77. The minimum atomic E-state index is 0.0388. The van der Waals surface area contributed by atoms with E-state index < -0.39 is 0 Å². The molecule has 0 aromatic rings. The Labute approximate surface area is 66.8 Å². The Kier molecular flexibility index (Phi) is 1.27. The van der Waals surface area contributed by atoms with Crippen LogP contribution >= 0.6 is 0 Å².